The molecule has 1 aliphatic heterocycles. The van der Waals surface area contributed by atoms with Crippen LogP contribution in [0.15, 0.2) is 59.1 Å². The van der Waals surface area contributed by atoms with Crippen LogP contribution in [0, 0.1) is 0 Å². The standard InChI is InChI=1S/C24H22N4O4/c1-30-18-10-8-16(9-11-18)23-26-21(27-32-23)15-31-24(29)19-14-17-6-2-3-7-20(17)25-22(19)28-12-4-5-13-28/h2-3,6-11,14H,4-5,12-13,15H2,1H3. The zero-order chi connectivity index (χ0) is 21.9. The molecule has 4 aromatic rings. The maximum Gasteiger partial charge on any atom is 0.342 e. The van der Waals surface area contributed by atoms with Crippen molar-refractivity contribution in [3.63, 3.8) is 0 Å². The van der Waals surface area contributed by atoms with Crippen LogP contribution in [-0.2, 0) is 11.3 Å². The van der Waals surface area contributed by atoms with E-state index in [1.54, 1.807) is 7.11 Å². The molecule has 162 valence electrons. The van der Waals surface area contributed by atoms with E-state index < -0.39 is 5.97 Å². The fourth-order valence-corrected chi connectivity index (χ4v) is 3.80. The summed E-state index contributed by atoms with van der Waals surface area (Å²) in [6.45, 7) is 1.66. The highest BCUT2D eigenvalue weighted by molar-refractivity contribution is 5.99. The zero-order valence-corrected chi connectivity index (χ0v) is 17.7. The van der Waals surface area contributed by atoms with Crippen LogP contribution in [0.5, 0.6) is 5.75 Å². The van der Waals surface area contributed by atoms with Gasteiger partial charge in [-0.05, 0) is 49.2 Å². The van der Waals surface area contributed by atoms with Crippen molar-refractivity contribution in [1.29, 1.82) is 0 Å². The Morgan fingerprint density at radius 1 is 1.06 bits per heavy atom. The summed E-state index contributed by atoms with van der Waals surface area (Å²) in [5, 5.41) is 4.82. The van der Waals surface area contributed by atoms with Crippen molar-refractivity contribution in [3.8, 4) is 17.2 Å². The Bertz CT molecular complexity index is 1250. The van der Waals surface area contributed by atoms with E-state index in [4.69, 9.17) is 19.0 Å². The van der Waals surface area contributed by atoms with Gasteiger partial charge in [-0.1, -0.05) is 23.4 Å². The van der Waals surface area contributed by atoms with Crippen LogP contribution in [0.2, 0.25) is 0 Å². The molecule has 1 fully saturated rings. The van der Waals surface area contributed by atoms with Gasteiger partial charge >= 0.3 is 5.97 Å². The number of esters is 1. The van der Waals surface area contributed by atoms with Crippen LogP contribution in [0.3, 0.4) is 0 Å². The summed E-state index contributed by atoms with van der Waals surface area (Å²) in [6.07, 6.45) is 2.17. The monoisotopic (exact) mass is 430 g/mol. The Morgan fingerprint density at radius 3 is 2.62 bits per heavy atom. The molecule has 32 heavy (non-hydrogen) atoms. The van der Waals surface area contributed by atoms with E-state index in [1.165, 1.54) is 0 Å². The second kappa shape index (κ2) is 8.66. The molecule has 0 amide bonds. The summed E-state index contributed by atoms with van der Waals surface area (Å²) in [7, 11) is 1.61. The molecule has 0 aliphatic carbocycles. The molecule has 0 N–H and O–H groups in total. The maximum absolute atomic E-state index is 13.0. The lowest BCUT2D eigenvalue weighted by Gasteiger charge is -2.20. The minimum atomic E-state index is -0.457. The summed E-state index contributed by atoms with van der Waals surface area (Å²) in [4.78, 5) is 24.2. The number of rotatable bonds is 6. The molecule has 0 bridgehead atoms. The average molecular weight is 430 g/mol. The first-order valence-corrected chi connectivity index (χ1v) is 10.5. The molecule has 2 aromatic heterocycles. The van der Waals surface area contributed by atoms with E-state index >= 15 is 0 Å². The van der Waals surface area contributed by atoms with Gasteiger partial charge in [0.15, 0.2) is 6.61 Å². The molecule has 8 heteroatoms. The fraction of sp³-hybridized carbons (Fsp3) is 0.250. The molecule has 0 atom stereocenters. The molecule has 5 rings (SSSR count). The number of carbonyl (C=O) groups excluding carboxylic acids is 1. The number of methoxy groups -OCH3 is 1. The van der Waals surface area contributed by atoms with Crippen molar-refractivity contribution in [2.75, 3.05) is 25.1 Å². The van der Waals surface area contributed by atoms with Gasteiger partial charge in [-0.15, -0.1) is 0 Å². The second-order valence-electron chi connectivity index (χ2n) is 7.57. The van der Waals surface area contributed by atoms with Crippen molar-refractivity contribution >= 4 is 22.7 Å². The number of hydrogen-bond acceptors (Lipinski definition) is 8. The first-order valence-electron chi connectivity index (χ1n) is 10.5. The van der Waals surface area contributed by atoms with Crippen molar-refractivity contribution in [2.24, 2.45) is 0 Å². The number of fused-ring (bicyclic) bond motifs is 1. The Hall–Kier alpha value is -3.94. The fourth-order valence-electron chi connectivity index (χ4n) is 3.80. The lowest BCUT2D eigenvalue weighted by molar-refractivity contribution is 0.0460. The van der Waals surface area contributed by atoms with E-state index in [-0.39, 0.29) is 6.61 Å². The summed E-state index contributed by atoms with van der Waals surface area (Å²) >= 11 is 0. The zero-order valence-electron chi connectivity index (χ0n) is 17.7. The number of benzene rings is 2. The van der Waals surface area contributed by atoms with Crippen molar-refractivity contribution in [3.05, 3.63) is 66.0 Å². The highest BCUT2D eigenvalue weighted by Crippen LogP contribution is 2.27. The average Bonchev–Trinajstić information content (AvgIpc) is 3.54. The number of nitrogens with zero attached hydrogens (tertiary/aromatic N) is 4. The predicted octanol–water partition coefficient (Wildman–Crippen LogP) is 4.25. The minimum absolute atomic E-state index is 0.0925. The van der Waals surface area contributed by atoms with Crippen molar-refractivity contribution in [1.82, 2.24) is 15.1 Å². The highest BCUT2D eigenvalue weighted by Gasteiger charge is 2.23. The van der Waals surface area contributed by atoms with Crippen molar-refractivity contribution in [2.45, 2.75) is 19.4 Å². The number of anilines is 1. The van der Waals surface area contributed by atoms with Gasteiger partial charge in [0, 0.05) is 24.0 Å². The first kappa shape index (κ1) is 20.0. The van der Waals surface area contributed by atoms with Gasteiger partial charge in [0.05, 0.1) is 12.6 Å². The maximum atomic E-state index is 13.0. The number of para-hydroxylation sites is 1. The quantitative estimate of drug-likeness (QED) is 0.419. The van der Waals surface area contributed by atoms with Gasteiger partial charge in [0.2, 0.25) is 5.82 Å². The third-order valence-corrected chi connectivity index (χ3v) is 5.47. The van der Waals surface area contributed by atoms with Gasteiger partial charge < -0.3 is 18.9 Å². The SMILES string of the molecule is COc1ccc(-c2nc(COC(=O)c3cc4ccccc4nc3N3CCCC3)no2)cc1. The summed E-state index contributed by atoms with van der Waals surface area (Å²) in [5.41, 5.74) is 2.06. The smallest absolute Gasteiger partial charge is 0.342 e. The molecule has 0 radical (unpaired) electrons. The molecule has 1 saturated heterocycles. The third-order valence-electron chi connectivity index (χ3n) is 5.47. The Morgan fingerprint density at radius 2 is 1.84 bits per heavy atom. The van der Waals surface area contributed by atoms with E-state index in [9.17, 15) is 4.79 Å². The lowest BCUT2D eigenvalue weighted by Crippen LogP contribution is -2.23. The molecule has 1 aliphatic rings. The molecule has 0 unspecified atom stereocenters. The van der Waals surface area contributed by atoms with Crippen LogP contribution in [-0.4, -0.2) is 41.3 Å². The molecule has 3 heterocycles. The Kier molecular flexibility index (Phi) is 5.41. The largest absolute Gasteiger partial charge is 0.497 e. The number of hydrogen-bond donors (Lipinski definition) is 0. The molecule has 8 nitrogen and oxygen atoms in total. The summed E-state index contributed by atoms with van der Waals surface area (Å²) < 4.78 is 16.0. The Balaban J connectivity index is 1.35. The molecular formula is C24H22N4O4. The van der Waals surface area contributed by atoms with Crippen LogP contribution in [0.1, 0.15) is 29.0 Å². The van der Waals surface area contributed by atoms with Gasteiger partial charge in [0.1, 0.15) is 17.1 Å². The van der Waals surface area contributed by atoms with Gasteiger partial charge in [-0.2, -0.15) is 4.98 Å². The molecular weight excluding hydrogens is 408 g/mol. The van der Waals surface area contributed by atoms with E-state index in [0.29, 0.717) is 23.1 Å². The Labute approximate surface area is 184 Å². The van der Waals surface area contributed by atoms with Gasteiger partial charge in [-0.25, -0.2) is 9.78 Å². The van der Waals surface area contributed by atoms with Crippen molar-refractivity contribution < 1.29 is 18.8 Å². The predicted molar refractivity (Wildman–Crippen MR) is 119 cm³/mol. The third kappa shape index (κ3) is 3.99. The summed E-state index contributed by atoms with van der Waals surface area (Å²) in [5.74, 6) is 1.59. The highest BCUT2D eigenvalue weighted by atomic mass is 16.5. The van der Waals surface area contributed by atoms with Crippen LogP contribution in [0.25, 0.3) is 22.4 Å². The van der Waals surface area contributed by atoms with E-state index in [1.807, 2.05) is 54.6 Å². The van der Waals surface area contributed by atoms with Crippen LogP contribution in [0.4, 0.5) is 5.82 Å². The molecule has 0 spiro atoms. The van der Waals surface area contributed by atoms with Crippen LogP contribution < -0.4 is 9.64 Å². The summed E-state index contributed by atoms with van der Waals surface area (Å²) in [6, 6.07) is 16.9. The molecule has 2 aromatic carbocycles. The number of pyridine rings is 1. The van der Waals surface area contributed by atoms with E-state index in [0.717, 1.165) is 48.1 Å². The van der Waals surface area contributed by atoms with E-state index in [2.05, 4.69) is 15.0 Å². The van der Waals surface area contributed by atoms with Gasteiger partial charge in [-0.3, -0.25) is 0 Å². The molecule has 0 saturated carbocycles. The minimum Gasteiger partial charge on any atom is -0.497 e. The normalized spacial score (nSPS) is 13.5. The number of ether oxygens (including phenoxy) is 2. The number of carbonyl (C=O) groups is 1. The number of aromatic nitrogens is 3. The van der Waals surface area contributed by atoms with Crippen LogP contribution >= 0.6 is 0 Å². The van der Waals surface area contributed by atoms with Gasteiger partial charge in [0.25, 0.3) is 5.89 Å². The topological polar surface area (TPSA) is 90.6 Å². The lowest BCUT2D eigenvalue weighted by atomic mass is 10.1. The second-order valence-corrected chi connectivity index (χ2v) is 7.57. The first-order chi connectivity index (χ1) is 15.7.